The molecule has 0 spiro atoms. The first-order chi connectivity index (χ1) is 6.95. The van der Waals surface area contributed by atoms with Gasteiger partial charge in [-0.25, -0.2) is 0 Å². The van der Waals surface area contributed by atoms with Gasteiger partial charge in [-0.3, -0.25) is 4.90 Å². The monoisotopic (exact) mass is 196 g/mol. The maximum absolute atomic E-state index is 5.27. The zero-order valence-electron chi connectivity index (χ0n) is 9.12. The molecule has 1 saturated heterocycles. The predicted octanol–water partition coefficient (Wildman–Crippen LogP) is 1.71. The number of furan rings is 1. The Labute approximate surface area is 86.1 Å². The Morgan fingerprint density at radius 3 is 2.64 bits per heavy atom. The first kappa shape index (κ1) is 11.3. The summed E-state index contributed by atoms with van der Waals surface area (Å²) in [5, 5.41) is 3.32. The molecular formula is C11H20N2O. The second-order valence-electron chi connectivity index (χ2n) is 3.11. The average molecular weight is 196 g/mol. The van der Waals surface area contributed by atoms with Crippen LogP contribution in [0.4, 0.5) is 0 Å². The molecule has 80 valence electrons. The maximum Gasteiger partial charge on any atom is 0.117 e. The number of hydrogen-bond donors (Lipinski definition) is 1. The van der Waals surface area contributed by atoms with Gasteiger partial charge in [0.2, 0.25) is 0 Å². The standard InChI is InChI=1S/C9H14N2O.C2H6/c1-2-9(12-7-1)8-11-5-3-10-4-6-11;1-2/h1-2,7,10H,3-6,8H2;1-2H3. The summed E-state index contributed by atoms with van der Waals surface area (Å²) in [5.74, 6) is 1.07. The van der Waals surface area contributed by atoms with Crippen LogP contribution in [-0.4, -0.2) is 31.1 Å². The van der Waals surface area contributed by atoms with E-state index < -0.39 is 0 Å². The predicted molar refractivity (Wildman–Crippen MR) is 58.2 cm³/mol. The van der Waals surface area contributed by atoms with Crippen LogP contribution >= 0.6 is 0 Å². The molecular weight excluding hydrogens is 176 g/mol. The zero-order chi connectivity index (χ0) is 10.2. The Bertz CT molecular complexity index is 215. The molecule has 1 N–H and O–H groups in total. The van der Waals surface area contributed by atoms with Gasteiger partial charge in [0, 0.05) is 26.2 Å². The minimum atomic E-state index is 0.953. The Morgan fingerprint density at radius 2 is 2.07 bits per heavy atom. The highest BCUT2D eigenvalue weighted by atomic mass is 16.3. The molecule has 3 nitrogen and oxygen atoms in total. The van der Waals surface area contributed by atoms with E-state index in [9.17, 15) is 0 Å². The van der Waals surface area contributed by atoms with Crippen LogP contribution in [0.2, 0.25) is 0 Å². The van der Waals surface area contributed by atoms with E-state index in [1.54, 1.807) is 6.26 Å². The van der Waals surface area contributed by atoms with E-state index in [0.717, 1.165) is 38.5 Å². The number of piperazine rings is 1. The second-order valence-corrected chi connectivity index (χ2v) is 3.11. The molecule has 0 unspecified atom stereocenters. The lowest BCUT2D eigenvalue weighted by molar-refractivity contribution is 0.216. The molecule has 2 heterocycles. The smallest absolute Gasteiger partial charge is 0.117 e. The van der Waals surface area contributed by atoms with Crippen LogP contribution in [0.3, 0.4) is 0 Å². The molecule has 0 aliphatic carbocycles. The highest BCUT2D eigenvalue weighted by molar-refractivity contribution is 4.98. The summed E-state index contributed by atoms with van der Waals surface area (Å²) in [6.07, 6.45) is 1.73. The van der Waals surface area contributed by atoms with Crippen molar-refractivity contribution >= 4 is 0 Å². The number of nitrogens with one attached hydrogen (secondary N) is 1. The summed E-state index contributed by atoms with van der Waals surface area (Å²) in [6.45, 7) is 9.40. The largest absolute Gasteiger partial charge is 0.468 e. The summed E-state index contributed by atoms with van der Waals surface area (Å²) in [7, 11) is 0. The van der Waals surface area contributed by atoms with E-state index in [2.05, 4.69) is 10.2 Å². The molecule has 3 heteroatoms. The number of nitrogens with zero attached hydrogens (tertiary/aromatic N) is 1. The van der Waals surface area contributed by atoms with Crippen molar-refractivity contribution in [3.05, 3.63) is 24.2 Å². The molecule has 14 heavy (non-hydrogen) atoms. The van der Waals surface area contributed by atoms with Crippen LogP contribution in [0.1, 0.15) is 19.6 Å². The van der Waals surface area contributed by atoms with Crippen molar-refractivity contribution in [1.29, 1.82) is 0 Å². The van der Waals surface area contributed by atoms with Gasteiger partial charge in [0.1, 0.15) is 5.76 Å². The summed E-state index contributed by atoms with van der Waals surface area (Å²) < 4.78 is 5.27. The fraction of sp³-hybridized carbons (Fsp3) is 0.636. The van der Waals surface area contributed by atoms with Gasteiger partial charge in [-0.1, -0.05) is 13.8 Å². The van der Waals surface area contributed by atoms with Crippen LogP contribution in [0.25, 0.3) is 0 Å². The highest BCUT2D eigenvalue weighted by Crippen LogP contribution is 2.05. The molecule has 0 atom stereocenters. The van der Waals surface area contributed by atoms with Crippen molar-refractivity contribution in [2.24, 2.45) is 0 Å². The summed E-state index contributed by atoms with van der Waals surface area (Å²) in [5.41, 5.74) is 0. The van der Waals surface area contributed by atoms with Gasteiger partial charge in [0.15, 0.2) is 0 Å². The topological polar surface area (TPSA) is 28.4 Å². The fourth-order valence-electron chi connectivity index (χ4n) is 1.49. The molecule has 1 aliphatic heterocycles. The van der Waals surface area contributed by atoms with E-state index in [0.29, 0.717) is 0 Å². The van der Waals surface area contributed by atoms with Crippen LogP contribution in [0.5, 0.6) is 0 Å². The van der Waals surface area contributed by atoms with Crippen molar-refractivity contribution in [1.82, 2.24) is 10.2 Å². The molecule has 1 aromatic rings. The molecule has 0 aromatic carbocycles. The third-order valence-electron chi connectivity index (χ3n) is 2.17. The van der Waals surface area contributed by atoms with Gasteiger partial charge in [-0.05, 0) is 12.1 Å². The molecule has 0 bridgehead atoms. The Kier molecular flexibility index (Phi) is 5.33. The third kappa shape index (κ3) is 3.52. The van der Waals surface area contributed by atoms with Gasteiger partial charge >= 0.3 is 0 Å². The van der Waals surface area contributed by atoms with Crippen molar-refractivity contribution in [2.45, 2.75) is 20.4 Å². The number of rotatable bonds is 2. The second kappa shape index (κ2) is 6.62. The first-order valence-corrected chi connectivity index (χ1v) is 5.40. The molecule has 0 amide bonds. The van der Waals surface area contributed by atoms with E-state index >= 15 is 0 Å². The van der Waals surface area contributed by atoms with Crippen molar-refractivity contribution < 1.29 is 4.42 Å². The Balaban J connectivity index is 0.000000461. The third-order valence-corrected chi connectivity index (χ3v) is 2.17. The van der Waals surface area contributed by atoms with Crippen LogP contribution < -0.4 is 5.32 Å². The van der Waals surface area contributed by atoms with Crippen molar-refractivity contribution in [2.75, 3.05) is 26.2 Å². The molecule has 2 rings (SSSR count). The first-order valence-electron chi connectivity index (χ1n) is 5.40. The average Bonchev–Trinajstić information content (AvgIpc) is 2.75. The van der Waals surface area contributed by atoms with Crippen LogP contribution in [0.15, 0.2) is 22.8 Å². The van der Waals surface area contributed by atoms with E-state index in [1.165, 1.54) is 0 Å². The van der Waals surface area contributed by atoms with Crippen LogP contribution in [-0.2, 0) is 6.54 Å². The maximum atomic E-state index is 5.27. The zero-order valence-corrected chi connectivity index (χ0v) is 9.12. The normalized spacial score (nSPS) is 17.3. The van der Waals surface area contributed by atoms with Gasteiger partial charge in [0.05, 0.1) is 12.8 Å². The van der Waals surface area contributed by atoms with Crippen LogP contribution in [0, 0.1) is 0 Å². The van der Waals surface area contributed by atoms with Crippen molar-refractivity contribution in [3.8, 4) is 0 Å². The van der Waals surface area contributed by atoms with Gasteiger partial charge in [-0.15, -0.1) is 0 Å². The lowest BCUT2D eigenvalue weighted by Gasteiger charge is -2.25. The minimum Gasteiger partial charge on any atom is -0.468 e. The molecule has 0 saturated carbocycles. The van der Waals surface area contributed by atoms with E-state index in [1.807, 2.05) is 26.0 Å². The minimum absolute atomic E-state index is 0.953. The lowest BCUT2D eigenvalue weighted by atomic mass is 10.3. The summed E-state index contributed by atoms with van der Waals surface area (Å²) >= 11 is 0. The van der Waals surface area contributed by atoms with E-state index in [-0.39, 0.29) is 0 Å². The van der Waals surface area contributed by atoms with Gasteiger partial charge in [-0.2, -0.15) is 0 Å². The van der Waals surface area contributed by atoms with Gasteiger partial charge < -0.3 is 9.73 Å². The van der Waals surface area contributed by atoms with Crippen molar-refractivity contribution in [3.63, 3.8) is 0 Å². The highest BCUT2D eigenvalue weighted by Gasteiger charge is 2.10. The van der Waals surface area contributed by atoms with Gasteiger partial charge in [0.25, 0.3) is 0 Å². The van der Waals surface area contributed by atoms with E-state index in [4.69, 9.17) is 4.42 Å². The SMILES string of the molecule is CC.c1coc(CN2CCNCC2)c1. The quantitative estimate of drug-likeness (QED) is 0.780. The lowest BCUT2D eigenvalue weighted by Crippen LogP contribution is -2.42. The molecule has 1 fully saturated rings. The Hall–Kier alpha value is -0.800. The molecule has 1 aromatic heterocycles. The Morgan fingerprint density at radius 1 is 1.36 bits per heavy atom. The molecule has 0 radical (unpaired) electrons. The fourth-order valence-corrected chi connectivity index (χ4v) is 1.49. The summed E-state index contributed by atoms with van der Waals surface area (Å²) in [4.78, 5) is 2.40. The number of hydrogen-bond acceptors (Lipinski definition) is 3. The molecule has 1 aliphatic rings. The summed E-state index contributed by atoms with van der Waals surface area (Å²) in [6, 6.07) is 3.97.